The highest BCUT2D eigenvalue weighted by molar-refractivity contribution is 7.16. The van der Waals surface area contributed by atoms with E-state index in [-0.39, 0.29) is 19.6 Å². The molecule has 0 saturated carbocycles. The van der Waals surface area contributed by atoms with Crippen molar-refractivity contribution < 1.29 is 23.1 Å². The van der Waals surface area contributed by atoms with Crippen molar-refractivity contribution in [2.75, 3.05) is 26.0 Å². The number of alkyl halides is 2. The molecular weight excluding hydrogens is 251 g/mol. The van der Waals surface area contributed by atoms with Gasteiger partial charge in [-0.1, -0.05) is 0 Å². The Morgan fingerprint density at radius 2 is 2.29 bits per heavy atom. The number of ether oxygens (including phenoxy) is 1. The number of rotatable bonds is 3. The second-order valence-electron chi connectivity index (χ2n) is 3.90. The van der Waals surface area contributed by atoms with Gasteiger partial charge in [-0.15, -0.1) is 9.24 Å². The van der Waals surface area contributed by atoms with E-state index < -0.39 is 30.1 Å². The van der Waals surface area contributed by atoms with Gasteiger partial charge < -0.3 is 4.74 Å². The Kier molecular flexibility index (Phi) is 4.95. The molecule has 98 valence electrons. The van der Waals surface area contributed by atoms with Gasteiger partial charge in [-0.3, -0.25) is 14.5 Å². The van der Waals surface area contributed by atoms with Crippen LogP contribution in [0, 0.1) is 5.92 Å². The molecule has 2 unspecified atom stereocenters. The monoisotopic (exact) mass is 267 g/mol. The Bertz CT molecular complexity index is 312. The molecule has 0 N–H and O–H groups in total. The molecule has 1 aliphatic rings. The van der Waals surface area contributed by atoms with Gasteiger partial charge in [0.2, 0.25) is 5.78 Å². The summed E-state index contributed by atoms with van der Waals surface area (Å²) < 4.78 is 31.7. The van der Waals surface area contributed by atoms with Crippen LogP contribution in [0.3, 0.4) is 0 Å². The first-order valence-electron chi connectivity index (χ1n) is 5.43. The minimum atomic E-state index is -3.48. The molecular formula is C10H16F2NO3P. The minimum absolute atomic E-state index is 0.0848. The normalized spacial score (nSPS) is 25.4. The van der Waals surface area contributed by atoms with Crippen molar-refractivity contribution in [1.82, 2.24) is 4.90 Å². The Hall–Kier alpha value is -0.610. The molecule has 1 heterocycles. The molecule has 0 amide bonds. The molecule has 0 aromatic carbocycles. The fraction of sp³-hybridized carbons (Fsp3) is 0.800. The fourth-order valence-corrected chi connectivity index (χ4v) is 2.07. The number of hydrogen-bond donors (Lipinski definition) is 0. The number of ketones is 1. The van der Waals surface area contributed by atoms with Crippen LogP contribution in [0.2, 0.25) is 0 Å². The molecule has 1 fully saturated rings. The van der Waals surface area contributed by atoms with Crippen LogP contribution in [0.1, 0.15) is 13.3 Å². The molecule has 1 saturated heterocycles. The van der Waals surface area contributed by atoms with Crippen LogP contribution >= 0.6 is 9.24 Å². The number of esters is 1. The molecule has 17 heavy (non-hydrogen) atoms. The Morgan fingerprint density at radius 3 is 2.82 bits per heavy atom. The van der Waals surface area contributed by atoms with Crippen molar-refractivity contribution >= 4 is 21.0 Å². The lowest BCUT2D eigenvalue weighted by molar-refractivity contribution is -0.160. The Labute approximate surface area is 101 Å². The van der Waals surface area contributed by atoms with Crippen molar-refractivity contribution in [2.24, 2.45) is 5.92 Å². The molecule has 0 aliphatic carbocycles. The lowest BCUT2D eigenvalue weighted by atomic mass is 9.97. The topological polar surface area (TPSA) is 46.6 Å². The van der Waals surface area contributed by atoms with Crippen LogP contribution < -0.4 is 0 Å². The number of carbonyl (C=O) groups is 2. The van der Waals surface area contributed by atoms with Gasteiger partial charge in [-0.2, -0.15) is 8.78 Å². The average Bonchev–Trinajstić information content (AvgIpc) is 2.37. The zero-order valence-corrected chi connectivity index (χ0v) is 10.8. The summed E-state index contributed by atoms with van der Waals surface area (Å²) in [6, 6.07) is 0. The molecule has 2 atom stereocenters. The molecule has 0 aromatic rings. The first-order valence-corrected chi connectivity index (χ1v) is 6.25. The third-order valence-corrected chi connectivity index (χ3v) is 3.18. The maximum atomic E-state index is 13.5. The minimum Gasteiger partial charge on any atom is -0.465 e. The number of carbonyl (C=O) groups excluding carboxylic acids is 2. The predicted molar refractivity (Wildman–Crippen MR) is 60.8 cm³/mol. The summed E-state index contributed by atoms with van der Waals surface area (Å²) in [4.78, 5) is 24.4. The molecule has 1 rings (SSSR count). The van der Waals surface area contributed by atoms with E-state index in [9.17, 15) is 18.4 Å². The third kappa shape index (κ3) is 3.42. The van der Waals surface area contributed by atoms with E-state index in [0.29, 0.717) is 6.29 Å². The maximum Gasteiger partial charge on any atom is 0.318 e. The predicted octanol–water partition coefficient (Wildman–Crippen LogP) is 0.908. The number of hydrogen-bond acceptors (Lipinski definition) is 4. The van der Waals surface area contributed by atoms with E-state index >= 15 is 0 Å². The van der Waals surface area contributed by atoms with Crippen molar-refractivity contribution in [1.29, 1.82) is 0 Å². The number of halogens is 2. The van der Waals surface area contributed by atoms with Gasteiger partial charge in [0.1, 0.15) is 5.92 Å². The van der Waals surface area contributed by atoms with Crippen LogP contribution in [0.15, 0.2) is 0 Å². The summed E-state index contributed by atoms with van der Waals surface area (Å²) in [6.07, 6.45) is 0.431. The van der Waals surface area contributed by atoms with E-state index in [1.165, 1.54) is 4.90 Å². The lowest BCUT2D eigenvalue weighted by Crippen LogP contribution is -2.42. The summed E-state index contributed by atoms with van der Waals surface area (Å²) in [7, 11) is 2.33. The molecule has 0 radical (unpaired) electrons. The van der Waals surface area contributed by atoms with Gasteiger partial charge >= 0.3 is 11.9 Å². The van der Waals surface area contributed by atoms with E-state index in [1.807, 2.05) is 0 Å². The van der Waals surface area contributed by atoms with Gasteiger partial charge in [0.05, 0.1) is 13.2 Å². The Balaban J connectivity index is 2.85. The van der Waals surface area contributed by atoms with Crippen molar-refractivity contribution in [3.8, 4) is 0 Å². The van der Waals surface area contributed by atoms with Crippen LogP contribution in [-0.4, -0.2) is 48.6 Å². The first-order chi connectivity index (χ1) is 7.92. The largest absolute Gasteiger partial charge is 0.465 e. The van der Waals surface area contributed by atoms with Crippen molar-refractivity contribution in [3.05, 3.63) is 0 Å². The van der Waals surface area contributed by atoms with Crippen molar-refractivity contribution in [2.45, 2.75) is 19.3 Å². The summed E-state index contributed by atoms with van der Waals surface area (Å²) >= 11 is 0. The summed E-state index contributed by atoms with van der Waals surface area (Å²) in [5.41, 5.74) is 0. The highest BCUT2D eigenvalue weighted by Crippen LogP contribution is 2.28. The average molecular weight is 267 g/mol. The highest BCUT2D eigenvalue weighted by Gasteiger charge is 2.49. The lowest BCUT2D eigenvalue weighted by Gasteiger charge is -2.20. The van der Waals surface area contributed by atoms with E-state index in [2.05, 4.69) is 14.0 Å². The molecule has 7 heteroatoms. The van der Waals surface area contributed by atoms with Crippen LogP contribution in [0.5, 0.6) is 0 Å². The number of likely N-dealkylation sites (tertiary alicyclic amines) is 1. The standard InChI is InChI=1S/C10H16F2NO3P/c1-2-16-9(15)7-3-4-13(6-17)5-10(11,12)8(7)14/h7H,2-6,17H2,1H3. The summed E-state index contributed by atoms with van der Waals surface area (Å²) in [6.45, 7) is 1.31. The second kappa shape index (κ2) is 5.83. The quantitative estimate of drug-likeness (QED) is 0.433. The molecule has 0 bridgehead atoms. The van der Waals surface area contributed by atoms with E-state index in [0.717, 1.165) is 0 Å². The maximum absolute atomic E-state index is 13.5. The molecule has 4 nitrogen and oxygen atoms in total. The van der Waals surface area contributed by atoms with Gasteiger partial charge in [0.15, 0.2) is 0 Å². The molecule has 1 aliphatic heterocycles. The molecule has 0 aromatic heterocycles. The first kappa shape index (κ1) is 14.5. The number of nitrogens with zero attached hydrogens (tertiary/aromatic N) is 1. The second-order valence-corrected chi connectivity index (χ2v) is 4.26. The van der Waals surface area contributed by atoms with Gasteiger partial charge in [0, 0.05) is 12.8 Å². The van der Waals surface area contributed by atoms with Crippen LogP contribution in [0.25, 0.3) is 0 Å². The zero-order chi connectivity index (χ0) is 13.1. The summed E-state index contributed by atoms with van der Waals surface area (Å²) in [5.74, 6) is -6.99. The van der Waals surface area contributed by atoms with E-state index in [4.69, 9.17) is 0 Å². The van der Waals surface area contributed by atoms with Gasteiger partial charge in [-0.05, 0) is 13.3 Å². The van der Waals surface area contributed by atoms with E-state index in [1.54, 1.807) is 6.92 Å². The van der Waals surface area contributed by atoms with Crippen molar-refractivity contribution in [3.63, 3.8) is 0 Å². The number of Topliss-reactive ketones (excluding diaryl/α,β-unsaturated/α-hetero) is 1. The van der Waals surface area contributed by atoms with Gasteiger partial charge in [0.25, 0.3) is 0 Å². The van der Waals surface area contributed by atoms with Gasteiger partial charge in [-0.25, -0.2) is 0 Å². The third-order valence-electron chi connectivity index (χ3n) is 2.66. The SMILES string of the molecule is CCOC(=O)C1CCN(CP)CC(F)(F)C1=O. The smallest absolute Gasteiger partial charge is 0.318 e. The highest BCUT2D eigenvalue weighted by atomic mass is 31.0. The Morgan fingerprint density at radius 1 is 1.65 bits per heavy atom. The molecule has 0 spiro atoms. The van der Waals surface area contributed by atoms with Crippen LogP contribution in [0.4, 0.5) is 8.78 Å². The fourth-order valence-electron chi connectivity index (χ4n) is 1.76. The summed E-state index contributed by atoms with van der Waals surface area (Å²) in [5, 5.41) is 0. The van der Waals surface area contributed by atoms with Crippen LogP contribution in [-0.2, 0) is 14.3 Å². The zero-order valence-electron chi connectivity index (χ0n) is 9.62.